The molecule has 3 aromatic rings. The van der Waals surface area contributed by atoms with Gasteiger partial charge in [-0.3, -0.25) is 14.6 Å². The summed E-state index contributed by atoms with van der Waals surface area (Å²) in [4.78, 5) is 75.6. The number of para-hydroxylation sites is 1. The van der Waals surface area contributed by atoms with Gasteiger partial charge in [0.1, 0.15) is 0 Å². The lowest BCUT2D eigenvalue weighted by molar-refractivity contribution is -0.144. The van der Waals surface area contributed by atoms with Crippen molar-refractivity contribution >= 4 is 40.8 Å². The molecule has 2 aromatic carbocycles. The lowest BCUT2D eigenvalue weighted by atomic mass is 9.78. The van der Waals surface area contributed by atoms with Crippen LogP contribution >= 0.6 is 0 Å². The van der Waals surface area contributed by atoms with Crippen LogP contribution in [0.4, 0.5) is 15.3 Å². The molecule has 0 radical (unpaired) electrons. The maximum absolute atomic E-state index is 14.3. The maximum atomic E-state index is 14.3. The van der Waals surface area contributed by atoms with Crippen LogP contribution in [0, 0.1) is 18.8 Å². The molecule has 0 spiro atoms. The van der Waals surface area contributed by atoms with E-state index >= 15 is 0 Å². The van der Waals surface area contributed by atoms with Crippen molar-refractivity contribution in [2.45, 2.75) is 110 Å². The zero-order chi connectivity index (χ0) is 41.9. The molecule has 4 amide bonds. The quantitative estimate of drug-likeness (QED) is 0.200. The van der Waals surface area contributed by atoms with Gasteiger partial charge >= 0.3 is 23.8 Å². The molecule has 2 N–H and O–H groups in total. The van der Waals surface area contributed by atoms with E-state index in [1.807, 2.05) is 54.0 Å². The van der Waals surface area contributed by atoms with Crippen LogP contribution < -0.4 is 11.1 Å². The highest BCUT2D eigenvalue weighted by atomic mass is 16.6. The lowest BCUT2D eigenvalue weighted by Crippen LogP contribution is -2.52. The third-order valence-electron chi connectivity index (χ3n) is 12.3. The number of aromatic nitrogens is 1. The minimum Gasteiger partial charge on any atom is -0.466 e. The predicted molar refractivity (Wildman–Crippen MR) is 226 cm³/mol. The van der Waals surface area contributed by atoms with Crippen LogP contribution in [0.25, 0.3) is 11.1 Å². The molecule has 3 fully saturated rings. The topological polar surface area (TPSA) is 158 Å². The molecule has 4 aliphatic heterocycles. The summed E-state index contributed by atoms with van der Waals surface area (Å²) in [6.45, 7) is 13.9. The molecule has 322 valence electrons. The predicted octanol–water partition coefficient (Wildman–Crippen LogP) is 6.74. The number of esters is 1. The molecule has 0 unspecified atom stereocenters. The first-order chi connectivity index (χ1) is 28.6. The van der Waals surface area contributed by atoms with Crippen molar-refractivity contribution in [3.8, 4) is 0 Å². The normalized spacial score (nSPS) is 19.0. The van der Waals surface area contributed by atoms with Gasteiger partial charge in [-0.05, 0) is 112 Å². The molecule has 59 heavy (non-hydrogen) atoms. The van der Waals surface area contributed by atoms with Gasteiger partial charge < -0.3 is 38.8 Å². The zero-order valence-corrected chi connectivity index (χ0v) is 35.5. The van der Waals surface area contributed by atoms with Crippen LogP contribution in [-0.4, -0.2) is 120 Å². The second kappa shape index (κ2) is 20.9. The van der Waals surface area contributed by atoms with Gasteiger partial charge in [0, 0.05) is 57.4 Å². The van der Waals surface area contributed by atoms with Gasteiger partial charge in [-0.25, -0.2) is 14.4 Å². The molecule has 0 bridgehead atoms. The number of amides is 4. The number of fused-ring (bicyclic) bond motifs is 2. The number of aryl methyl sites for hydroxylation is 1. The first-order valence-corrected chi connectivity index (χ1v) is 22.0. The van der Waals surface area contributed by atoms with Crippen molar-refractivity contribution in [1.29, 1.82) is 0 Å². The van der Waals surface area contributed by atoms with E-state index in [0.29, 0.717) is 81.5 Å². The van der Waals surface area contributed by atoms with E-state index < -0.39 is 18.0 Å². The molecule has 0 aliphatic carbocycles. The Morgan fingerprint density at radius 2 is 1.53 bits per heavy atom. The zero-order valence-electron chi connectivity index (χ0n) is 35.5. The van der Waals surface area contributed by atoms with Crippen molar-refractivity contribution < 1.29 is 33.1 Å². The number of nitrogens with zero attached hydrogens (tertiary/aromatic N) is 4. The number of carbonyl (C=O) groups is 4. The summed E-state index contributed by atoms with van der Waals surface area (Å²) in [5.74, 6) is 0.196. The van der Waals surface area contributed by atoms with E-state index in [-0.39, 0.29) is 30.4 Å². The Balaban J connectivity index is 0.00000189. The van der Waals surface area contributed by atoms with Crippen molar-refractivity contribution in [2.75, 3.05) is 64.3 Å². The molecule has 1 atom stereocenters. The summed E-state index contributed by atoms with van der Waals surface area (Å²) in [5, 5.41) is 3.05. The number of urea groups is 1. The summed E-state index contributed by atoms with van der Waals surface area (Å²) < 4.78 is 16.7. The van der Waals surface area contributed by atoms with Crippen molar-refractivity contribution in [3.63, 3.8) is 0 Å². The highest BCUT2D eigenvalue weighted by molar-refractivity contribution is 5.91. The summed E-state index contributed by atoms with van der Waals surface area (Å²) >= 11 is 0. The Labute approximate surface area is 347 Å². The van der Waals surface area contributed by atoms with Gasteiger partial charge in [-0.1, -0.05) is 51.5 Å². The highest BCUT2D eigenvalue weighted by Crippen LogP contribution is 2.33. The molecule has 5 heterocycles. The number of carbonyl (C=O) groups excluding carboxylic acids is 4. The summed E-state index contributed by atoms with van der Waals surface area (Å²) in [6.07, 6.45) is 6.97. The van der Waals surface area contributed by atoms with Crippen LogP contribution in [0.2, 0.25) is 0 Å². The fourth-order valence-electron chi connectivity index (χ4n) is 9.08. The van der Waals surface area contributed by atoms with Gasteiger partial charge in [0.05, 0.1) is 18.5 Å². The number of likely N-dealkylation sites (tertiary alicyclic amines) is 3. The third-order valence-corrected chi connectivity index (χ3v) is 12.3. The number of H-pyrrole nitrogens is 1. The number of nitrogens with one attached hydrogen (secondary N) is 2. The van der Waals surface area contributed by atoms with Gasteiger partial charge in [0.25, 0.3) is 5.91 Å². The van der Waals surface area contributed by atoms with Crippen LogP contribution in [0.3, 0.4) is 0 Å². The Morgan fingerprint density at radius 1 is 0.864 bits per heavy atom. The number of hydrogen-bond acceptors (Lipinski definition) is 9. The summed E-state index contributed by atoms with van der Waals surface area (Å²) in [6, 6.07) is 11.3. The van der Waals surface area contributed by atoms with Gasteiger partial charge in [-0.15, -0.1) is 0 Å². The first kappa shape index (κ1) is 43.7. The molecule has 4 aliphatic rings. The molecule has 14 nitrogen and oxygen atoms in total. The number of aromatic amines is 1. The molecular formula is C45H64N6O8. The van der Waals surface area contributed by atoms with Crippen molar-refractivity contribution in [1.82, 2.24) is 24.6 Å². The van der Waals surface area contributed by atoms with Gasteiger partial charge in [0.2, 0.25) is 0 Å². The average molecular weight is 817 g/mol. The lowest BCUT2D eigenvalue weighted by Gasteiger charge is -2.41. The Morgan fingerprint density at radius 3 is 2.22 bits per heavy atom. The number of oxazole rings is 1. The summed E-state index contributed by atoms with van der Waals surface area (Å²) in [5.41, 5.74) is 4.48. The summed E-state index contributed by atoms with van der Waals surface area (Å²) in [7, 11) is 0. The second-order valence-electron chi connectivity index (χ2n) is 16.6. The molecule has 1 aromatic heterocycles. The van der Waals surface area contributed by atoms with Crippen molar-refractivity contribution in [3.05, 3.63) is 63.6 Å². The highest BCUT2D eigenvalue weighted by Gasteiger charge is 2.37. The van der Waals surface area contributed by atoms with E-state index in [9.17, 15) is 24.0 Å². The largest absolute Gasteiger partial charge is 0.466 e. The fourth-order valence-corrected chi connectivity index (χ4v) is 9.08. The van der Waals surface area contributed by atoms with Crippen LogP contribution in [0.1, 0.15) is 95.2 Å². The van der Waals surface area contributed by atoms with E-state index in [1.165, 1.54) is 6.42 Å². The molecule has 0 saturated carbocycles. The van der Waals surface area contributed by atoms with Gasteiger partial charge in [0.15, 0.2) is 11.7 Å². The smallest absolute Gasteiger partial charge is 0.417 e. The number of anilines is 1. The Hall–Kier alpha value is -4.85. The first-order valence-electron chi connectivity index (χ1n) is 22.0. The van der Waals surface area contributed by atoms with Gasteiger partial charge in [-0.2, -0.15) is 0 Å². The Kier molecular flexibility index (Phi) is 15.5. The number of hydrogen-bond donors (Lipinski definition) is 2. The van der Waals surface area contributed by atoms with E-state index in [4.69, 9.17) is 13.9 Å². The number of piperidine rings is 3. The van der Waals surface area contributed by atoms with Crippen LogP contribution in [0.15, 0.2) is 45.6 Å². The van der Waals surface area contributed by atoms with E-state index in [2.05, 4.69) is 29.0 Å². The maximum Gasteiger partial charge on any atom is 0.417 e. The standard InChI is InChI=1S/C42H56N6O8.C3H8/c1-3-24-54-37(49)15-18-45-16-8-30(9-17-45)31-10-19-46(20-11-31)39(50)36(27-29-25-28(2)38-35(26-29)55-41(52)44-38)56-42(53)47-21-13-33(14-22-47)48-23-12-32-6-4-5-7-34(32)43-40(48)51;1-3-2/h4-7,25-26,30-31,33,36H,3,8-24,27H2,1-2H3,(H,43,51)(H,44,52);3H2,1-2H3/t36-;/m1./s1. The monoisotopic (exact) mass is 816 g/mol. The molecule has 7 rings (SSSR count). The van der Waals surface area contributed by atoms with Crippen LogP contribution in [-0.2, 0) is 31.9 Å². The van der Waals surface area contributed by atoms with Crippen molar-refractivity contribution in [2.24, 2.45) is 11.8 Å². The minimum absolute atomic E-state index is 0.0145. The SMILES string of the molecule is CCC.CCCOC(=O)CCN1CCC(C2CCN(C(=O)[C@@H](Cc3cc(C)c4[nH]c(=O)oc4c3)OC(=O)N3CCC(N4CCc5ccccc5NC4=O)CC3)CC2)CC1. The van der Waals surface area contributed by atoms with E-state index in [0.717, 1.165) is 80.5 Å². The number of benzene rings is 2. The fraction of sp³-hybridized carbons (Fsp3) is 0.622. The number of rotatable bonds is 11. The van der Waals surface area contributed by atoms with E-state index in [1.54, 1.807) is 11.0 Å². The molecule has 14 heteroatoms. The second-order valence-corrected chi connectivity index (χ2v) is 16.6. The Bertz CT molecular complexity index is 1940. The third kappa shape index (κ3) is 11.5. The molecular weight excluding hydrogens is 753 g/mol. The molecule has 3 saturated heterocycles. The average Bonchev–Trinajstić information content (AvgIpc) is 3.54. The minimum atomic E-state index is -1.05. The van der Waals surface area contributed by atoms with Crippen LogP contribution in [0.5, 0.6) is 0 Å². The number of ether oxygens (including phenoxy) is 2.